The molecule has 18 heavy (non-hydrogen) atoms. The van der Waals surface area contributed by atoms with Gasteiger partial charge in [0.2, 0.25) is 5.01 Å². The van der Waals surface area contributed by atoms with E-state index in [0.29, 0.717) is 17.7 Å². The van der Waals surface area contributed by atoms with Gasteiger partial charge in [-0.05, 0) is 13.8 Å². The van der Waals surface area contributed by atoms with Crippen LogP contribution in [0.4, 0.5) is 0 Å². The number of hydrogen-bond acceptors (Lipinski definition) is 6. The van der Waals surface area contributed by atoms with Gasteiger partial charge in [0.15, 0.2) is 0 Å². The quantitative estimate of drug-likeness (QED) is 0.830. The summed E-state index contributed by atoms with van der Waals surface area (Å²) in [4.78, 5) is 18.2. The van der Waals surface area contributed by atoms with Gasteiger partial charge in [-0.25, -0.2) is 9.78 Å². The number of carbonyl (C=O) groups excluding carboxylic acids is 1. The molecule has 0 amide bonds. The first-order valence-electron chi connectivity index (χ1n) is 6.26. The van der Waals surface area contributed by atoms with Gasteiger partial charge >= 0.3 is 5.97 Å². The van der Waals surface area contributed by atoms with Crippen LogP contribution < -0.4 is 5.32 Å². The maximum atomic E-state index is 11.5. The van der Waals surface area contributed by atoms with Crippen LogP contribution in [0.25, 0.3) is 0 Å². The van der Waals surface area contributed by atoms with Crippen molar-refractivity contribution in [2.24, 2.45) is 0 Å². The monoisotopic (exact) mass is 269 g/mol. The van der Waals surface area contributed by atoms with Crippen LogP contribution in [0.15, 0.2) is 5.38 Å². The molecule has 0 radical (unpaired) electrons. The molecule has 0 saturated carbocycles. The number of ether oxygens (including phenoxy) is 1. The average molecular weight is 269 g/mol. The lowest BCUT2D eigenvalue weighted by Crippen LogP contribution is -2.48. The predicted molar refractivity (Wildman–Crippen MR) is 70.8 cm³/mol. The molecular formula is C12H19N3O2S. The second kappa shape index (κ2) is 6.26. The third kappa shape index (κ3) is 3.51. The molecule has 0 aliphatic carbocycles. The van der Waals surface area contributed by atoms with E-state index < -0.39 is 0 Å². The zero-order valence-electron chi connectivity index (χ0n) is 10.8. The molecule has 5 nitrogen and oxygen atoms in total. The Balaban J connectivity index is 1.91. The van der Waals surface area contributed by atoms with E-state index in [2.05, 4.69) is 22.1 Å². The summed E-state index contributed by atoms with van der Waals surface area (Å²) in [6.45, 7) is 8.23. The number of nitrogens with zero attached hydrogens (tertiary/aromatic N) is 2. The van der Waals surface area contributed by atoms with Gasteiger partial charge in [0.05, 0.1) is 12.3 Å². The van der Waals surface area contributed by atoms with E-state index in [1.807, 2.05) is 5.38 Å². The predicted octanol–water partition coefficient (Wildman–Crippen LogP) is 1.11. The molecule has 2 rings (SSSR count). The Hall–Kier alpha value is -0.980. The van der Waals surface area contributed by atoms with Crippen molar-refractivity contribution < 1.29 is 9.53 Å². The molecule has 1 saturated heterocycles. The molecule has 2 heterocycles. The van der Waals surface area contributed by atoms with Crippen LogP contribution in [-0.2, 0) is 11.3 Å². The van der Waals surface area contributed by atoms with Gasteiger partial charge in [-0.15, -0.1) is 11.3 Å². The van der Waals surface area contributed by atoms with Crippen molar-refractivity contribution in [3.05, 3.63) is 16.1 Å². The first-order chi connectivity index (χ1) is 8.69. The minimum atomic E-state index is -0.317. The highest BCUT2D eigenvalue weighted by Crippen LogP contribution is 2.14. The number of nitrogens with one attached hydrogen (secondary N) is 1. The van der Waals surface area contributed by atoms with Crippen LogP contribution in [0.3, 0.4) is 0 Å². The second-order valence-corrected chi connectivity index (χ2v) is 5.31. The SMILES string of the molecule is CCOC(=O)c1nc(CN2CCN[C@H](C)C2)cs1. The van der Waals surface area contributed by atoms with E-state index in [1.165, 1.54) is 11.3 Å². The highest BCUT2D eigenvalue weighted by atomic mass is 32.1. The molecule has 0 spiro atoms. The molecule has 1 aliphatic rings. The largest absolute Gasteiger partial charge is 0.461 e. The smallest absolute Gasteiger partial charge is 0.367 e. The topological polar surface area (TPSA) is 54.5 Å². The van der Waals surface area contributed by atoms with Crippen LogP contribution in [0.1, 0.15) is 29.3 Å². The molecule has 1 aliphatic heterocycles. The van der Waals surface area contributed by atoms with E-state index >= 15 is 0 Å². The molecule has 0 unspecified atom stereocenters. The normalized spacial score (nSPS) is 20.9. The maximum absolute atomic E-state index is 11.5. The van der Waals surface area contributed by atoms with Crippen LogP contribution in [0, 0.1) is 0 Å². The van der Waals surface area contributed by atoms with E-state index in [4.69, 9.17) is 4.74 Å². The van der Waals surface area contributed by atoms with Crippen molar-refractivity contribution in [3.8, 4) is 0 Å². The molecule has 1 aromatic heterocycles. The lowest BCUT2D eigenvalue weighted by Gasteiger charge is -2.31. The summed E-state index contributed by atoms with van der Waals surface area (Å²) in [7, 11) is 0. The summed E-state index contributed by atoms with van der Waals surface area (Å²) in [5.74, 6) is -0.317. The van der Waals surface area contributed by atoms with E-state index in [-0.39, 0.29) is 5.97 Å². The van der Waals surface area contributed by atoms with Crippen molar-refractivity contribution in [1.82, 2.24) is 15.2 Å². The summed E-state index contributed by atoms with van der Waals surface area (Å²) < 4.78 is 4.93. The summed E-state index contributed by atoms with van der Waals surface area (Å²) in [5.41, 5.74) is 0.956. The maximum Gasteiger partial charge on any atom is 0.367 e. The van der Waals surface area contributed by atoms with Gasteiger partial charge in [-0.2, -0.15) is 0 Å². The molecule has 100 valence electrons. The molecule has 1 aromatic rings. The number of esters is 1. The minimum Gasteiger partial charge on any atom is -0.461 e. The van der Waals surface area contributed by atoms with E-state index in [9.17, 15) is 4.79 Å². The standard InChI is InChI=1S/C12H19N3O2S/c1-3-17-12(16)11-14-10(8-18-11)7-15-5-4-13-9(2)6-15/h8-9,13H,3-7H2,1-2H3/t9-/m1/s1. The Morgan fingerprint density at radius 2 is 2.56 bits per heavy atom. The van der Waals surface area contributed by atoms with Crippen LogP contribution in [0.2, 0.25) is 0 Å². The number of thiazole rings is 1. The summed E-state index contributed by atoms with van der Waals surface area (Å²) in [6, 6.07) is 0.516. The number of hydrogen-bond donors (Lipinski definition) is 1. The van der Waals surface area contributed by atoms with E-state index in [1.54, 1.807) is 6.92 Å². The molecule has 6 heteroatoms. The third-order valence-corrected chi connectivity index (χ3v) is 3.71. The Bertz CT molecular complexity index is 408. The van der Waals surface area contributed by atoms with Gasteiger partial charge in [0.1, 0.15) is 0 Å². The minimum absolute atomic E-state index is 0.317. The van der Waals surface area contributed by atoms with E-state index in [0.717, 1.165) is 31.9 Å². The first kappa shape index (κ1) is 13.5. The number of rotatable bonds is 4. The number of piperazine rings is 1. The Kier molecular flexibility index (Phi) is 4.68. The van der Waals surface area contributed by atoms with Crippen molar-refractivity contribution in [2.75, 3.05) is 26.2 Å². The zero-order chi connectivity index (χ0) is 13.0. The van der Waals surface area contributed by atoms with Crippen LogP contribution in [0.5, 0.6) is 0 Å². The highest BCUT2D eigenvalue weighted by Gasteiger charge is 2.18. The van der Waals surface area contributed by atoms with Gasteiger partial charge in [-0.1, -0.05) is 0 Å². The van der Waals surface area contributed by atoms with Gasteiger partial charge in [-0.3, -0.25) is 4.90 Å². The molecular weight excluding hydrogens is 250 g/mol. The summed E-state index contributed by atoms with van der Waals surface area (Å²) in [6.07, 6.45) is 0. The Morgan fingerprint density at radius 1 is 1.72 bits per heavy atom. The number of aromatic nitrogens is 1. The number of carbonyl (C=O) groups is 1. The fourth-order valence-electron chi connectivity index (χ4n) is 2.05. The van der Waals surface area contributed by atoms with Crippen molar-refractivity contribution >= 4 is 17.3 Å². The zero-order valence-corrected chi connectivity index (χ0v) is 11.6. The fourth-order valence-corrected chi connectivity index (χ4v) is 2.75. The second-order valence-electron chi connectivity index (χ2n) is 4.45. The Morgan fingerprint density at radius 3 is 3.28 bits per heavy atom. The third-order valence-electron chi connectivity index (χ3n) is 2.84. The van der Waals surface area contributed by atoms with Crippen LogP contribution >= 0.6 is 11.3 Å². The Labute approximate surface area is 111 Å². The molecule has 1 N–H and O–H groups in total. The van der Waals surface area contributed by atoms with Crippen molar-refractivity contribution in [3.63, 3.8) is 0 Å². The lowest BCUT2D eigenvalue weighted by atomic mass is 10.2. The average Bonchev–Trinajstić information content (AvgIpc) is 2.78. The summed E-state index contributed by atoms with van der Waals surface area (Å²) in [5, 5.41) is 5.80. The van der Waals surface area contributed by atoms with Gasteiger partial charge < -0.3 is 10.1 Å². The van der Waals surface area contributed by atoms with Gasteiger partial charge in [0, 0.05) is 37.6 Å². The highest BCUT2D eigenvalue weighted by molar-refractivity contribution is 7.11. The van der Waals surface area contributed by atoms with Crippen molar-refractivity contribution in [2.45, 2.75) is 26.4 Å². The molecule has 0 bridgehead atoms. The fraction of sp³-hybridized carbons (Fsp3) is 0.667. The van der Waals surface area contributed by atoms with Gasteiger partial charge in [0.25, 0.3) is 0 Å². The molecule has 1 fully saturated rings. The van der Waals surface area contributed by atoms with Crippen LogP contribution in [-0.4, -0.2) is 48.1 Å². The molecule has 1 atom stereocenters. The molecule has 0 aromatic carbocycles. The summed E-state index contributed by atoms with van der Waals surface area (Å²) >= 11 is 1.36. The lowest BCUT2D eigenvalue weighted by molar-refractivity contribution is 0.0525. The van der Waals surface area contributed by atoms with Crippen molar-refractivity contribution in [1.29, 1.82) is 0 Å². The first-order valence-corrected chi connectivity index (χ1v) is 7.14.